The van der Waals surface area contributed by atoms with Crippen molar-refractivity contribution in [2.75, 3.05) is 44.3 Å². The Bertz CT molecular complexity index is 523. The van der Waals surface area contributed by atoms with Crippen molar-refractivity contribution in [2.24, 2.45) is 5.73 Å². The van der Waals surface area contributed by atoms with Gasteiger partial charge in [-0.3, -0.25) is 4.79 Å². The molecule has 1 aromatic carbocycles. The molecule has 1 unspecified atom stereocenters. The minimum Gasteiger partial charge on any atom is -0.379 e. The highest BCUT2D eigenvalue weighted by Crippen LogP contribution is 2.27. The Hall–Kier alpha value is -1.30. The van der Waals surface area contributed by atoms with Crippen molar-refractivity contribution in [1.82, 2.24) is 4.90 Å². The number of benzene rings is 1. The zero-order chi connectivity index (χ0) is 14.9. The maximum atomic E-state index is 12.5. The molecule has 3 rings (SSSR count). The summed E-state index contributed by atoms with van der Waals surface area (Å²) in [5.41, 5.74) is 6.35. The van der Waals surface area contributed by atoms with E-state index in [1.54, 1.807) is 0 Å². The van der Waals surface area contributed by atoms with E-state index in [9.17, 15) is 4.79 Å². The number of hydrogen-bond acceptors (Lipinski definition) is 4. The Morgan fingerprint density at radius 2 is 1.95 bits per heavy atom. The van der Waals surface area contributed by atoms with Crippen molar-refractivity contribution in [2.45, 2.75) is 12.0 Å². The number of halogens is 1. The average molecular weight is 310 g/mol. The highest BCUT2D eigenvalue weighted by molar-refractivity contribution is 6.33. The summed E-state index contributed by atoms with van der Waals surface area (Å²) in [7, 11) is 0. The number of rotatable bonds is 2. The molecule has 0 aromatic heterocycles. The van der Waals surface area contributed by atoms with E-state index in [1.165, 1.54) is 0 Å². The first-order valence-electron chi connectivity index (χ1n) is 7.26. The summed E-state index contributed by atoms with van der Waals surface area (Å²) in [4.78, 5) is 16.6. The number of nitrogens with two attached hydrogens (primary N) is 1. The molecule has 5 nitrogen and oxygen atoms in total. The fourth-order valence-electron chi connectivity index (χ4n) is 2.92. The topological polar surface area (TPSA) is 58.8 Å². The smallest absolute Gasteiger partial charge is 0.245 e. The van der Waals surface area contributed by atoms with Crippen LogP contribution in [0.15, 0.2) is 24.3 Å². The number of carbonyl (C=O) groups is 1. The van der Waals surface area contributed by atoms with Crippen LogP contribution in [-0.2, 0) is 9.53 Å². The predicted molar refractivity (Wildman–Crippen MR) is 82.6 cm³/mol. The number of anilines is 1. The first-order valence-corrected chi connectivity index (χ1v) is 7.63. The number of piperazine rings is 1. The third-order valence-electron chi connectivity index (χ3n) is 4.24. The van der Waals surface area contributed by atoms with Gasteiger partial charge in [0.15, 0.2) is 0 Å². The summed E-state index contributed by atoms with van der Waals surface area (Å²) >= 11 is 6.22. The lowest BCUT2D eigenvalue weighted by Crippen LogP contribution is -2.60. The molecule has 2 aliphatic rings. The van der Waals surface area contributed by atoms with E-state index in [1.807, 2.05) is 29.2 Å². The average Bonchev–Trinajstić information content (AvgIpc) is 2.95. The second-order valence-electron chi connectivity index (χ2n) is 5.69. The number of amides is 1. The lowest BCUT2D eigenvalue weighted by Gasteiger charge is -2.39. The van der Waals surface area contributed by atoms with Crippen LogP contribution in [0.2, 0.25) is 5.02 Å². The Kier molecular flexibility index (Phi) is 4.06. The predicted octanol–water partition coefficient (Wildman–Crippen LogP) is 1.11. The van der Waals surface area contributed by atoms with Gasteiger partial charge in [0, 0.05) is 32.8 Å². The fraction of sp³-hybridized carbons (Fsp3) is 0.533. The Morgan fingerprint density at radius 1 is 1.24 bits per heavy atom. The van der Waals surface area contributed by atoms with Crippen LogP contribution >= 0.6 is 11.6 Å². The van der Waals surface area contributed by atoms with E-state index in [2.05, 4.69) is 4.90 Å². The molecule has 1 amide bonds. The molecule has 21 heavy (non-hydrogen) atoms. The molecule has 1 aromatic rings. The molecule has 2 heterocycles. The van der Waals surface area contributed by atoms with E-state index in [0.29, 0.717) is 32.7 Å². The van der Waals surface area contributed by atoms with E-state index >= 15 is 0 Å². The van der Waals surface area contributed by atoms with Gasteiger partial charge in [-0.25, -0.2) is 0 Å². The lowest BCUT2D eigenvalue weighted by molar-refractivity contribution is -0.137. The molecule has 114 valence electrons. The molecule has 2 fully saturated rings. The van der Waals surface area contributed by atoms with Gasteiger partial charge >= 0.3 is 0 Å². The van der Waals surface area contributed by atoms with Gasteiger partial charge in [-0.2, -0.15) is 0 Å². The van der Waals surface area contributed by atoms with Gasteiger partial charge in [0.25, 0.3) is 0 Å². The molecule has 6 heteroatoms. The maximum absolute atomic E-state index is 12.5. The fourth-order valence-corrected chi connectivity index (χ4v) is 3.18. The first kappa shape index (κ1) is 14.6. The molecule has 0 radical (unpaired) electrons. The highest BCUT2D eigenvalue weighted by atomic mass is 35.5. The molecular formula is C15H20ClN3O2. The van der Waals surface area contributed by atoms with Crippen LogP contribution in [0.25, 0.3) is 0 Å². The van der Waals surface area contributed by atoms with Crippen LogP contribution < -0.4 is 10.6 Å². The zero-order valence-corrected chi connectivity index (χ0v) is 12.7. The molecule has 0 saturated carbocycles. The van der Waals surface area contributed by atoms with Crippen LogP contribution in [0.5, 0.6) is 0 Å². The molecule has 1 atom stereocenters. The summed E-state index contributed by atoms with van der Waals surface area (Å²) in [6.45, 7) is 3.78. The van der Waals surface area contributed by atoms with Crippen molar-refractivity contribution in [1.29, 1.82) is 0 Å². The molecule has 2 saturated heterocycles. The Morgan fingerprint density at radius 3 is 2.57 bits per heavy atom. The van der Waals surface area contributed by atoms with Crippen LogP contribution in [0, 0.1) is 0 Å². The number of hydrogen-bond donors (Lipinski definition) is 1. The molecule has 0 aliphatic carbocycles. The number of ether oxygens (including phenoxy) is 1. The van der Waals surface area contributed by atoms with Crippen LogP contribution in [0.1, 0.15) is 6.42 Å². The normalized spacial score (nSPS) is 26.2. The van der Waals surface area contributed by atoms with Gasteiger partial charge in [-0.15, -0.1) is 0 Å². The second-order valence-corrected chi connectivity index (χ2v) is 6.10. The standard InChI is InChI=1S/C15H20ClN3O2/c16-12-3-1-2-4-13(12)18-6-8-19(9-7-18)14(20)15(17)5-10-21-11-15/h1-4H,5-11,17H2. The summed E-state index contributed by atoms with van der Waals surface area (Å²) in [5, 5.41) is 0.747. The molecule has 2 N–H and O–H groups in total. The minimum atomic E-state index is -0.827. The number of nitrogens with zero attached hydrogens (tertiary/aromatic N) is 2. The summed E-state index contributed by atoms with van der Waals surface area (Å²) in [5.74, 6) is 0.0128. The van der Waals surface area contributed by atoms with Crippen molar-refractivity contribution in [3.63, 3.8) is 0 Å². The van der Waals surface area contributed by atoms with Crippen molar-refractivity contribution in [3.05, 3.63) is 29.3 Å². The van der Waals surface area contributed by atoms with E-state index in [0.717, 1.165) is 23.8 Å². The minimum absolute atomic E-state index is 0.0128. The van der Waals surface area contributed by atoms with Crippen molar-refractivity contribution in [3.8, 4) is 0 Å². The molecule has 2 aliphatic heterocycles. The number of para-hydroxylation sites is 1. The Labute approximate surface area is 129 Å². The monoisotopic (exact) mass is 309 g/mol. The highest BCUT2D eigenvalue weighted by Gasteiger charge is 2.41. The zero-order valence-electron chi connectivity index (χ0n) is 11.9. The van der Waals surface area contributed by atoms with Gasteiger partial charge in [0.2, 0.25) is 5.91 Å². The second kappa shape index (κ2) is 5.83. The summed E-state index contributed by atoms with van der Waals surface area (Å²) in [6.07, 6.45) is 0.608. The van der Waals surface area contributed by atoms with Gasteiger partial charge < -0.3 is 20.3 Å². The van der Waals surface area contributed by atoms with Crippen molar-refractivity contribution < 1.29 is 9.53 Å². The molecular weight excluding hydrogens is 290 g/mol. The summed E-state index contributed by atoms with van der Waals surface area (Å²) < 4.78 is 5.28. The molecule has 0 bridgehead atoms. The lowest BCUT2D eigenvalue weighted by atomic mass is 9.98. The third-order valence-corrected chi connectivity index (χ3v) is 4.56. The SMILES string of the molecule is NC1(C(=O)N2CCN(c3ccccc3Cl)CC2)CCOC1. The van der Waals surface area contributed by atoms with E-state index < -0.39 is 5.54 Å². The largest absolute Gasteiger partial charge is 0.379 e. The van der Waals surface area contributed by atoms with Gasteiger partial charge in [0.1, 0.15) is 5.54 Å². The van der Waals surface area contributed by atoms with Gasteiger partial charge in [0.05, 0.1) is 17.3 Å². The quantitative estimate of drug-likeness (QED) is 0.889. The van der Waals surface area contributed by atoms with Crippen LogP contribution in [0.3, 0.4) is 0 Å². The third kappa shape index (κ3) is 2.86. The molecule has 0 spiro atoms. The van der Waals surface area contributed by atoms with Gasteiger partial charge in [-0.1, -0.05) is 23.7 Å². The van der Waals surface area contributed by atoms with Crippen LogP contribution in [0.4, 0.5) is 5.69 Å². The Balaban J connectivity index is 1.63. The van der Waals surface area contributed by atoms with Crippen LogP contribution in [-0.4, -0.2) is 55.7 Å². The number of carbonyl (C=O) groups excluding carboxylic acids is 1. The van der Waals surface area contributed by atoms with Crippen molar-refractivity contribution >= 4 is 23.2 Å². The summed E-state index contributed by atoms with van der Waals surface area (Å²) in [6, 6.07) is 7.79. The first-order chi connectivity index (χ1) is 10.1. The van der Waals surface area contributed by atoms with E-state index in [4.69, 9.17) is 22.1 Å². The van der Waals surface area contributed by atoms with Gasteiger partial charge in [-0.05, 0) is 18.6 Å². The van der Waals surface area contributed by atoms with E-state index in [-0.39, 0.29) is 5.91 Å². The maximum Gasteiger partial charge on any atom is 0.245 e.